The van der Waals surface area contributed by atoms with E-state index in [-0.39, 0.29) is 0 Å². The normalized spacial score (nSPS) is 26.6. The number of hydrogen-bond acceptors (Lipinski definition) is 1. The van der Waals surface area contributed by atoms with Crippen LogP contribution in [0.4, 0.5) is 0 Å². The lowest BCUT2D eigenvalue weighted by Crippen LogP contribution is -2.24. The first-order valence-corrected chi connectivity index (χ1v) is 3.88. The Morgan fingerprint density at radius 1 is 1.60 bits per heavy atom. The summed E-state index contributed by atoms with van der Waals surface area (Å²) < 4.78 is 0. The number of amides is 1. The zero-order chi connectivity index (χ0) is 7.72. The van der Waals surface area contributed by atoms with E-state index in [2.05, 4.69) is 13.8 Å². The molecule has 1 fully saturated rings. The summed E-state index contributed by atoms with van der Waals surface area (Å²) in [5.41, 5.74) is 0. The molecule has 0 N–H and O–H groups in total. The van der Waals surface area contributed by atoms with E-state index in [0.717, 1.165) is 13.0 Å². The summed E-state index contributed by atoms with van der Waals surface area (Å²) in [7, 11) is 1.88. The molecular formula is C8H15NO. The molecule has 1 rings (SSSR count). The number of nitrogens with zero attached hydrogens (tertiary/aromatic N) is 1. The quantitative estimate of drug-likeness (QED) is 0.536. The summed E-state index contributed by atoms with van der Waals surface area (Å²) in [5.74, 6) is 1.14. The van der Waals surface area contributed by atoms with Crippen LogP contribution in [0, 0.1) is 11.8 Å². The second kappa shape index (κ2) is 2.60. The zero-order valence-electron chi connectivity index (χ0n) is 6.92. The SMILES string of the molecule is CC(C)[C@H]1CCN(C)C1=O. The third kappa shape index (κ3) is 1.15. The summed E-state index contributed by atoms with van der Waals surface area (Å²) in [6, 6.07) is 0. The number of hydrogen-bond donors (Lipinski definition) is 0. The first kappa shape index (κ1) is 7.58. The molecule has 0 aromatic heterocycles. The van der Waals surface area contributed by atoms with Crippen LogP contribution in [0.3, 0.4) is 0 Å². The van der Waals surface area contributed by atoms with Crippen molar-refractivity contribution in [3.8, 4) is 0 Å². The van der Waals surface area contributed by atoms with Crippen LogP contribution in [0.2, 0.25) is 0 Å². The summed E-state index contributed by atoms with van der Waals surface area (Å²) in [5, 5.41) is 0. The second-order valence-corrected chi connectivity index (χ2v) is 3.40. The van der Waals surface area contributed by atoms with Gasteiger partial charge in [0.1, 0.15) is 0 Å². The Labute approximate surface area is 62.2 Å². The Morgan fingerprint density at radius 3 is 2.40 bits per heavy atom. The maximum Gasteiger partial charge on any atom is 0.225 e. The van der Waals surface area contributed by atoms with Crippen LogP contribution in [0.5, 0.6) is 0 Å². The second-order valence-electron chi connectivity index (χ2n) is 3.40. The van der Waals surface area contributed by atoms with E-state index in [0.29, 0.717) is 17.7 Å². The van der Waals surface area contributed by atoms with Gasteiger partial charge in [0.15, 0.2) is 0 Å². The van der Waals surface area contributed by atoms with Gasteiger partial charge in [-0.05, 0) is 12.3 Å². The molecule has 1 heterocycles. The van der Waals surface area contributed by atoms with Crippen LogP contribution < -0.4 is 0 Å². The molecule has 1 atom stereocenters. The van der Waals surface area contributed by atoms with Crippen molar-refractivity contribution < 1.29 is 4.79 Å². The fraction of sp³-hybridized carbons (Fsp3) is 0.875. The molecule has 0 spiro atoms. The van der Waals surface area contributed by atoms with E-state index < -0.39 is 0 Å². The predicted octanol–water partition coefficient (Wildman–Crippen LogP) is 1.12. The highest BCUT2D eigenvalue weighted by molar-refractivity contribution is 5.80. The average molecular weight is 141 g/mol. The first-order valence-electron chi connectivity index (χ1n) is 3.88. The standard InChI is InChI=1S/C8H15NO/c1-6(2)7-4-5-9(3)8(7)10/h6-7H,4-5H2,1-3H3/t7-/m1/s1. The van der Waals surface area contributed by atoms with Gasteiger partial charge < -0.3 is 4.90 Å². The van der Waals surface area contributed by atoms with Crippen LogP contribution in [-0.4, -0.2) is 24.4 Å². The molecule has 1 amide bonds. The monoisotopic (exact) mass is 141 g/mol. The largest absolute Gasteiger partial charge is 0.345 e. The number of carbonyl (C=O) groups is 1. The molecule has 1 aliphatic rings. The molecule has 2 nitrogen and oxygen atoms in total. The van der Waals surface area contributed by atoms with Crippen molar-refractivity contribution in [2.45, 2.75) is 20.3 Å². The first-order chi connectivity index (χ1) is 4.63. The van der Waals surface area contributed by atoms with E-state index in [1.54, 1.807) is 0 Å². The topological polar surface area (TPSA) is 20.3 Å². The summed E-state index contributed by atoms with van der Waals surface area (Å²) in [6.45, 7) is 5.17. The van der Waals surface area contributed by atoms with E-state index in [1.807, 2.05) is 11.9 Å². The fourth-order valence-corrected chi connectivity index (χ4v) is 1.47. The van der Waals surface area contributed by atoms with Crippen LogP contribution >= 0.6 is 0 Å². The lowest BCUT2D eigenvalue weighted by molar-refractivity contribution is -0.130. The molecule has 0 bridgehead atoms. The average Bonchev–Trinajstić information content (AvgIpc) is 2.14. The lowest BCUT2D eigenvalue weighted by atomic mass is 9.95. The van der Waals surface area contributed by atoms with Crippen molar-refractivity contribution in [1.82, 2.24) is 4.90 Å². The van der Waals surface area contributed by atoms with Gasteiger partial charge in [0.2, 0.25) is 5.91 Å². The highest BCUT2D eigenvalue weighted by Crippen LogP contribution is 2.23. The van der Waals surface area contributed by atoms with Crippen molar-refractivity contribution in [2.75, 3.05) is 13.6 Å². The van der Waals surface area contributed by atoms with Gasteiger partial charge in [0, 0.05) is 19.5 Å². The van der Waals surface area contributed by atoms with Crippen LogP contribution in [0.1, 0.15) is 20.3 Å². The molecule has 58 valence electrons. The molecule has 0 unspecified atom stereocenters. The van der Waals surface area contributed by atoms with Gasteiger partial charge in [-0.2, -0.15) is 0 Å². The number of carbonyl (C=O) groups excluding carboxylic acids is 1. The Bertz CT molecular complexity index is 142. The third-order valence-electron chi connectivity index (χ3n) is 2.27. The van der Waals surface area contributed by atoms with Gasteiger partial charge in [-0.3, -0.25) is 4.79 Å². The van der Waals surface area contributed by atoms with Gasteiger partial charge in [-0.1, -0.05) is 13.8 Å². The van der Waals surface area contributed by atoms with E-state index in [4.69, 9.17) is 0 Å². The number of rotatable bonds is 1. The molecule has 0 saturated carbocycles. The van der Waals surface area contributed by atoms with Gasteiger partial charge in [-0.15, -0.1) is 0 Å². The third-order valence-corrected chi connectivity index (χ3v) is 2.27. The van der Waals surface area contributed by atoms with Crippen molar-refractivity contribution in [2.24, 2.45) is 11.8 Å². The molecule has 1 saturated heterocycles. The lowest BCUT2D eigenvalue weighted by Gasteiger charge is -2.12. The highest BCUT2D eigenvalue weighted by Gasteiger charge is 2.30. The van der Waals surface area contributed by atoms with E-state index in [1.165, 1.54) is 0 Å². The van der Waals surface area contributed by atoms with E-state index in [9.17, 15) is 4.79 Å². The molecule has 0 aliphatic carbocycles. The fourth-order valence-electron chi connectivity index (χ4n) is 1.47. The molecule has 1 aliphatic heterocycles. The minimum Gasteiger partial charge on any atom is -0.345 e. The maximum atomic E-state index is 11.3. The van der Waals surface area contributed by atoms with Gasteiger partial charge in [0.05, 0.1) is 0 Å². The Morgan fingerprint density at radius 2 is 2.20 bits per heavy atom. The Kier molecular flexibility index (Phi) is 1.97. The van der Waals surface area contributed by atoms with Crippen LogP contribution in [0.25, 0.3) is 0 Å². The predicted molar refractivity (Wildman–Crippen MR) is 40.6 cm³/mol. The summed E-state index contributed by atoms with van der Waals surface area (Å²) in [4.78, 5) is 13.1. The highest BCUT2D eigenvalue weighted by atomic mass is 16.2. The Balaban J connectivity index is 2.57. The minimum atomic E-state index is 0.296. The van der Waals surface area contributed by atoms with Crippen LogP contribution in [-0.2, 0) is 4.79 Å². The smallest absolute Gasteiger partial charge is 0.225 e. The van der Waals surface area contributed by atoms with Crippen LogP contribution in [0.15, 0.2) is 0 Å². The minimum absolute atomic E-state index is 0.296. The molecule has 0 radical (unpaired) electrons. The van der Waals surface area contributed by atoms with Crippen molar-refractivity contribution in [3.05, 3.63) is 0 Å². The molecule has 0 aromatic rings. The maximum absolute atomic E-state index is 11.3. The van der Waals surface area contributed by atoms with Gasteiger partial charge >= 0.3 is 0 Å². The molecular weight excluding hydrogens is 126 g/mol. The zero-order valence-corrected chi connectivity index (χ0v) is 6.92. The van der Waals surface area contributed by atoms with Crippen molar-refractivity contribution >= 4 is 5.91 Å². The van der Waals surface area contributed by atoms with Gasteiger partial charge in [-0.25, -0.2) is 0 Å². The Hall–Kier alpha value is -0.530. The summed E-state index contributed by atoms with van der Waals surface area (Å²) in [6.07, 6.45) is 1.05. The van der Waals surface area contributed by atoms with E-state index >= 15 is 0 Å². The summed E-state index contributed by atoms with van der Waals surface area (Å²) >= 11 is 0. The van der Waals surface area contributed by atoms with Crippen molar-refractivity contribution in [3.63, 3.8) is 0 Å². The van der Waals surface area contributed by atoms with Crippen molar-refractivity contribution in [1.29, 1.82) is 0 Å². The molecule has 2 heteroatoms. The van der Waals surface area contributed by atoms with Gasteiger partial charge in [0.25, 0.3) is 0 Å². The molecule has 0 aromatic carbocycles. The molecule has 10 heavy (non-hydrogen) atoms. The number of likely N-dealkylation sites (tertiary alicyclic amines) is 1.